The largest absolute Gasteiger partial charge is 0.368 e. The molecule has 0 radical (unpaired) electrons. The van der Waals surface area contributed by atoms with Crippen molar-refractivity contribution in [3.8, 4) is 0 Å². The van der Waals surface area contributed by atoms with Gasteiger partial charge in [-0.05, 0) is 46.3 Å². The van der Waals surface area contributed by atoms with Crippen LogP contribution in [0.25, 0.3) is 0 Å². The Kier molecular flexibility index (Phi) is 6.99. The van der Waals surface area contributed by atoms with Gasteiger partial charge in [0.1, 0.15) is 5.82 Å². The summed E-state index contributed by atoms with van der Waals surface area (Å²) >= 11 is 3.21. The number of non-ortho nitro benzene ring substituents is 1. The Balaban J connectivity index is 1.44. The average Bonchev–Trinajstić information content (AvgIpc) is 2.75. The lowest BCUT2D eigenvalue weighted by atomic mass is 10.2. The normalized spacial score (nSPS) is 13.8. The Morgan fingerprint density at radius 1 is 1.10 bits per heavy atom. The van der Waals surface area contributed by atoms with E-state index in [0.717, 1.165) is 11.8 Å². The van der Waals surface area contributed by atoms with Gasteiger partial charge in [-0.3, -0.25) is 19.7 Å². The first-order chi connectivity index (χ1) is 14.3. The molecule has 2 aromatic carbocycles. The third-order valence-corrected chi connectivity index (χ3v) is 5.55. The van der Waals surface area contributed by atoms with E-state index in [4.69, 9.17) is 0 Å². The molecular formula is C20H20BrFN4O4. The quantitative estimate of drug-likeness (QED) is 0.508. The van der Waals surface area contributed by atoms with Gasteiger partial charge >= 0.3 is 0 Å². The molecule has 8 nitrogen and oxygen atoms in total. The highest BCUT2D eigenvalue weighted by Crippen LogP contribution is 2.21. The van der Waals surface area contributed by atoms with E-state index in [2.05, 4.69) is 26.1 Å². The summed E-state index contributed by atoms with van der Waals surface area (Å²) < 4.78 is 13.8. The molecule has 1 heterocycles. The number of nitrogens with one attached hydrogen (secondary N) is 1. The summed E-state index contributed by atoms with van der Waals surface area (Å²) in [4.78, 5) is 38.7. The summed E-state index contributed by atoms with van der Waals surface area (Å²) in [5, 5.41) is 13.4. The number of halogens is 2. The van der Waals surface area contributed by atoms with E-state index in [9.17, 15) is 24.1 Å². The highest BCUT2D eigenvalue weighted by Gasteiger charge is 2.22. The number of rotatable bonds is 6. The fraction of sp³-hybridized carbons (Fsp3) is 0.300. The molecule has 0 aromatic heterocycles. The summed E-state index contributed by atoms with van der Waals surface area (Å²) in [5.41, 5.74) is 1.10. The first-order valence-corrected chi connectivity index (χ1v) is 10.1. The van der Waals surface area contributed by atoms with Gasteiger partial charge in [0.15, 0.2) is 0 Å². The molecule has 30 heavy (non-hydrogen) atoms. The van der Waals surface area contributed by atoms with Crippen molar-refractivity contribution in [2.45, 2.75) is 6.42 Å². The minimum atomic E-state index is -0.509. The second-order valence-electron chi connectivity index (χ2n) is 6.77. The molecule has 0 bridgehead atoms. The maximum atomic E-state index is 13.3. The number of nitrogens with zero attached hydrogens (tertiary/aromatic N) is 3. The van der Waals surface area contributed by atoms with Crippen LogP contribution in [0.1, 0.15) is 16.8 Å². The topological polar surface area (TPSA) is 95.8 Å². The molecule has 1 fully saturated rings. The number of hydrogen-bond donors (Lipinski definition) is 1. The first-order valence-electron chi connectivity index (χ1n) is 9.35. The molecule has 0 saturated carbocycles. The van der Waals surface area contributed by atoms with Crippen LogP contribution in [-0.4, -0.2) is 54.4 Å². The molecule has 0 atom stereocenters. The number of carbonyl (C=O) groups is 2. The molecule has 0 spiro atoms. The van der Waals surface area contributed by atoms with Crippen LogP contribution in [0.15, 0.2) is 46.9 Å². The number of carbonyl (C=O) groups excluding carboxylic acids is 2. The van der Waals surface area contributed by atoms with Crippen molar-refractivity contribution in [1.29, 1.82) is 0 Å². The third kappa shape index (κ3) is 5.32. The van der Waals surface area contributed by atoms with E-state index in [0.29, 0.717) is 30.7 Å². The van der Waals surface area contributed by atoms with Gasteiger partial charge < -0.3 is 15.1 Å². The van der Waals surface area contributed by atoms with Gasteiger partial charge in [-0.1, -0.05) is 0 Å². The molecule has 2 amide bonds. The van der Waals surface area contributed by atoms with E-state index >= 15 is 0 Å². The number of nitro benzene ring substituents is 1. The Bertz CT molecular complexity index is 946. The highest BCUT2D eigenvalue weighted by atomic mass is 79.9. The van der Waals surface area contributed by atoms with Crippen molar-refractivity contribution in [2.24, 2.45) is 0 Å². The van der Waals surface area contributed by atoms with Crippen molar-refractivity contribution >= 4 is 39.1 Å². The molecule has 1 aliphatic heterocycles. The number of benzene rings is 2. The maximum Gasteiger partial charge on any atom is 0.269 e. The number of anilines is 1. The SMILES string of the molecule is O=C(NCCC(=O)N1CCN(c2ccc([N+](=O)[O-])cc2)CC1)c1cc(F)ccc1Br. The fourth-order valence-electron chi connectivity index (χ4n) is 3.21. The van der Waals surface area contributed by atoms with Gasteiger partial charge in [0.05, 0.1) is 10.5 Å². The van der Waals surface area contributed by atoms with Crippen molar-refractivity contribution in [1.82, 2.24) is 10.2 Å². The summed E-state index contributed by atoms with van der Waals surface area (Å²) in [5.74, 6) is -1.03. The van der Waals surface area contributed by atoms with E-state index in [1.165, 1.54) is 24.3 Å². The van der Waals surface area contributed by atoms with Crippen LogP contribution in [0.4, 0.5) is 15.8 Å². The van der Waals surface area contributed by atoms with Gasteiger partial charge in [0.25, 0.3) is 11.6 Å². The van der Waals surface area contributed by atoms with Crippen molar-refractivity contribution in [2.75, 3.05) is 37.6 Å². The molecule has 0 unspecified atom stereocenters. The van der Waals surface area contributed by atoms with Gasteiger partial charge in [-0.2, -0.15) is 0 Å². The van der Waals surface area contributed by atoms with Crippen LogP contribution in [-0.2, 0) is 4.79 Å². The molecule has 1 aliphatic rings. The van der Waals surface area contributed by atoms with Gasteiger partial charge in [-0.15, -0.1) is 0 Å². The van der Waals surface area contributed by atoms with Crippen LogP contribution in [0.2, 0.25) is 0 Å². The summed E-state index contributed by atoms with van der Waals surface area (Å²) in [7, 11) is 0. The second-order valence-corrected chi connectivity index (χ2v) is 7.63. The summed E-state index contributed by atoms with van der Waals surface area (Å²) in [6, 6.07) is 10.2. The lowest BCUT2D eigenvalue weighted by Gasteiger charge is -2.36. The van der Waals surface area contributed by atoms with Crippen LogP contribution >= 0.6 is 15.9 Å². The Morgan fingerprint density at radius 3 is 2.40 bits per heavy atom. The van der Waals surface area contributed by atoms with Crippen LogP contribution in [0, 0.1) is 15.9 Å². The zero-order valence-electron chi connectivity index (χ0n) is 16.0. The van der Waals surface area contributed by atoms with E-state index in [1.54, 1.807) is 17.0 Å². The second kappa shape index (κ2) is 9.66. The number of hydrogen-bond acceptors (Lipinski definition) is 5. The van der Waals surface area contributed by atoms with E-state index < -0.39 is 16.6 Å². The van der Waals surface area contributed by atoms with Gasteiger partial charge in [-0.25, -0.2) is 4.39 Å². The zero-order chi connectivity index (χ0) is 21.7. The molecule has 1 N–H and O–H groups in total. The minimum absolute atomic E-state index is 0.0416. The van der Waals surface area contributed by atoms with Crippen LogP contribution in [0.5, 0.6) is 0 Å². The smallest absolute Gasteiger partial charge is 0.269 e. The predicted octanol–water partition coefficient (Wildman–Crippen LogP) is 2.97. The Morgan fingerprint density at radius 2 is 1.77 bits per heavy atom. The van der Waals surface area contributed by atoms with Gasteiger partial charge in [0.2, 0.25) is 5.91 Å². The zero-order valence-corrected chi connectivity index (χ0v) is 17.6. The highest BCUT2D eigenvalue weighted by molar-refractivity contribution is 9.10. The lowest BCUT2D eigenvalue weighted by molar-refractivity contribution is -0.384. The summed E-state index contributed by atoms with van der Waals surface area (Å²) in [6.07, 6.45) is 0.149. The molecular weight excluding hydrogens is 459 g/mol. The molecule has 158 valence electrons. The lowest BCUT2D eigenvalue weighted by Crippen LogP contribution is -2.49. The van der Waals surface area contributed by atoms with Crippen molar-refractivity contribution in [3.05, 3.63) is 68.4 Å². The van der Waals surface area contributed by atoms with Crippen LogP contribution in [0.3, 0.4) is 0 Å². The van der Waals surface area contributed by atoms with Crippen LogP contribution < -0.4 is 10.2 Å². The first kappa shape index (κ1) is 21.7. The minimum Gasteiger partial charge on any atom is -0.368 e. The molecule has 0 aliphatic carbocycles. The fourth-order valence-corrected chi connectivity index (χ4v) is 3.63. The van der Waals surface area contributed by atoms with Crippen molar-refractivity contribution < 1.29 is 18.9 Å². The third-order valence-electron chi connectivity index (χ3n) is 4.86. The van der Waals surface area contributed by atoms with Gasteiger partial charge in [0, 0.05) is 61.4 Å². The predicted molar refractivity (Wildman–Crippen MR) is 113 cm³/mol. The number of nitro groups is 1. The summed E-state index contributed by atoms with van der Waals surface area (Å²) in [6.45, 7) is 2.44. The number of piperazine rings is 1. The Labute approximate surface area is 180 Å². The van der Waals surface area contributed by atoms with E-state index in [1.807, 2.05) is 0 Å². The molecule has 1 saturated heterocycles. The standard InChI is InChI=1S/C20H20BrFN4O4/c21-18-6-1-14(22)13-17(18)20(28)23-8-7-19(27)25-11-9-24(10-12-25)15-2-4-16(5-3-15)26(29)30/h1-6,13H,7-12H2,(H,23,28). The van der Waals surface area contributed by atoms with Crippen molar-refractivity contribution in [3.63, 3.8) is 0 Å². The number of amides is 2. The average molecular weight is 479 g/mol. The monoisotopic (exact) mass is 478 g/mol. The Hall–Kier alpha value is -3.01. The molecule has 3 rings (SSSR count). The maximum absolute atomic E-state index is 13.3. The van der Waals surface area contributed by atoms with E-state index in [-0.39, 0.29) is 30.1 Å². The molecule has 2 aromatic rings. The molecule has 10 heteroatoms.